The van der Waals surface area contributed by atoms with Gasteiger partial charge in [-0.1, -0.05) is 30.3 Å². The second kappa shape index (κ2) is 8.57. The molecule has 154 valence electrons. The number of amides is 1. The molecule has 0 saturated heterocycles. The van der Waals surface area contributed by atoms with E-state index in [0.717, 1.165) is 16.7 Å². The van der Waals surface area contributed by atoms with Crippen molar-refractivity contribution in [1.82, 2.24) is 0 Å². The Morgan fingerprint density at radius 2 is 1.57 bits per heavy atom. The van der Waals surface area contributed by atoms with Gasteiger partial charge in [0, 0.05) is 5.69 Å². The second-order valence-corrected chi connectivity index (χ2v) is 7.09. The Bertz CT molecular complexity index is 1030. The first-order valence-electron chi connectivity index (χ1n) is 10.2. The highest BCUT2D eigenvalue weighted by molar-refractivity contribution is 5.98. The number of halogens is 1. The van der Waals surface area contributed by atoms with Crippen LogP contribution < -0.4 is 14.4 Å². The largest absolute Gasteiger partial charge is 0.490 e. The Balaban J connectivity index is 1.91. The lowest BCUT2D eigenvalue weighted by molar-refractivity contribution is -0.118. The summed E-state index contributed by atoms with van der Waals surface area (Å²) in [5.41, 5.74) is 3.53. The lowest BCUT2D eigenvalue weighted by Crippen LogP contribution is -2.41. The van der Waals surface area contributed by atoms with Crippen molar-refractivity contribution in [1.29, 1.82) is 0 Å². The van der Waals surface area contributed by atoms with Crippen LogP contribution in [0.2, 0.25) is 0 Å². The smallest absolute Gasteiger partial charge is 0.232 e. The maximum atomic E-state index is 13.5. The molecule has 1 aliphatic rings. The van der Waals surface area contributed by atoms with Crippen LogP contribution in [0.25, 0.3) is 0 Å². The first-order valence-corrected chi connectivity index (χ1v) is 10.2. The number of carbonyl (C=O) groups excluding carboxylic acids is 1. The van der Waals surface area contributed by atoms with Crippen LogP contribution in [0.1, 0.15) is 36.6 Å². The van der Waals surface area contributed by atoms with Crippen molar-refractivity contribution in [3.63, 3.8) is 0 Å². The summed E-state index contributed by atoms with van der Waals surface area (Å²) in [6.07, 6.45) is 0.239. The summed E-state index contributed by atoms with van der Waals surface area (Å²) in [6, 6.07) is 19.4. The Hall–Kier alpha value is -3.34. The molecule has 0 saturated carbocycles. The molecule has 1 atom stereocenters. The summed E-state index contributed by atoms with van der Waals surface area (Å²) in [4.78, 5) is 15.0. The summed E-state index contributed by atoms with van der Waals surface area (Å²) in [5.74, 6) is 0.926. The average Bonchev–Trinajstić information content (AvgIpc) is 2.75. The van der Waals surface area contributed by atoms with Gasteiger partial charge < -0.3 is 14.4 Å². The lowest BCUT2D eigenvalue weighted by Gasteiger charge is -2.38. The third-order valence-corrected chi connectivity index (χ3v) is 5.19. The van der Waals surface area contributed by atoms with Crippen LogP contribution in [0.5, 0.6) is 11.5 Å². The van der Waals surface area contributed by atoms with E-state index in [1.165, 1.54) is 12.1 Å². The van der Waals surface area contributed by atoms with Crippen molar-refractivity contribution in [2.45, 2.75) is 26.3 Å². The van der Waals surface area contributed by atoms with Crippen LogP contribution in [-0.4, -0.2) is 19.1 Å². The second-order valence-electron chi connectivity index (χ2n) is 7.09. The van der Waals surface area contributed by atoms with Crippen molar-refractivity contribution in [3.8, 4) is 11.5 Å². The number of hydrogen-bond acceptors (Lipinski definition) is 3. The number of nitrogens with zero attached hydrogens (tertiary/aromatic N) is 1. The predicted octanol–water partition coefficient (Wildman–Crippen LogP) is 5.30. The normalized spacial score (nSPS) is 15.6. The molecule has 0 spiro atoms. The van der Waals surface area contributed by atoms with E-state index in [-0.39, 0.29) is 24.2 Å². The fourth-order valence-corrected chi connectivity index (χ4v) is 3.95. The zero-order chi connectivity index (χ0) is 21.1. The molecule has 5 heteroatoms. The van der Waals surface area contributed by atoms with E-state index in [0.29, 0.717) is 30.4 Å². The number of fused-ring (bicyclic) bond motifs is 1. The molecular weight excluding hydrogens is 381 g/mol. The SMILES string of the molecule is CCOc1cc2c(cc1OCC)[C@H](c1ccccc1)N(c1ccc(F)cc1)C(=O)C2. The van der Waals surface area contributed by atoms with E-state index in [2.05, 4.69) is 0 Å². The minimum Gasteiger partial charge on any atom is -0.490 e. The zero-order valence-corrected chi connectivity index (χ0v) is 17.1. The fourth-order valence-electron chi connectivity index (χ4n) is 3.95. The van der Waals surface area contributed by atoms with Gasteiger partial charge >= 0.3 is 0 Å². The Labute approximate surface area is 175 Å². The predicted molar refractivity (Wildman–Crippen MR) is 115 cm³/mol. The molecule has 1 aliphatic heterocycles. The van der Waals surface area contributed by atoms with Gasteiger partial charge in [-0.25, -0.2) is 4.39 Å². The molecule has 0 fully saturated rings. The lowest BCUT2D eigenvalue weighted by atomic mass is 9.87. The molecular formula is C25H24FNO3. The molecule has 1 heterocycles. The van der Waals surface area contributed by atoms with E-state index in [4.69, 9.17) is 9.47 Å². The molecule has 0 aromatic heterocycles. The fraction of sp³-hybridized carbons (Fsp3) is 0.240. The highest BCUT2D eigenvalue weighted by Crippen LogP contribution is 2.43. The van der Waals surface area contributed by atoms with Crippen LogP contribution in [0.15, 0.2) is 66.7 Å². The van der Waals surface area contributed by atoms with Crippen molar-refractivity contribution >= 4 is 11.6 Å². The average molecular weight is 405 g/mol. The molecule has 0 bridgehead atoms. The minimum atomic E-state index is -0.345. The van der Waals surface area contributed by atoms with Crippen molar-refractivity contribution in [2.75, 3.05) is 18.1 Å². The summed E-state index contributed by atoms with van der Waals surface area (Å²) in [7, 11) is 0. The van der Waals surface area contributed by atoms with Gasteiger partial charge in [0.05, 0.1) is 25.7 Å². The summed E-state index contributed by atoms with van der Waals surface area (Å²) in [5, 5.41) is 0. The number of anilines is 1. The van der Waals surface area contributed by atoms with Crippen LogP contribution in [0, 0.1) is 5.82 Å². The first kappa shape index (κ1) is 20.0. The maximum absolute atomic E-state index is 13.5. The van der Waals surface area contributed by atoms with Crippen LogP contribution in [0.4, 0.5) is 10.1 Å². The Kier molecular flexibility index (Phi) is 5.70. The van der Waals surface area contributed by atoms with Gasteiger partial charge in [-0.3, -0.25) is 4.79 Å². The van der Waals surface area contributed by atoms with Gasteiger partial charge in [0.1, 0.15) is 5.82 Å². The summed E-state index contributed by atoms with van der Waals surface area (Å²) in [6.45, 7) is 4.87. The van der Waals surface area contributed by atoms with Crippen molar-refractivity contribution in [2.24, 2.45) is 0 Å². The maximum Gasteiger partial charge on any atom is 0.232 e. The van der Waals surface area contributed by atoms with Gasteiger partial charge in [-0.2, -0.15) is 0 Å². The van der Waals surface area contributed by atoms with E-state index in [1.807, 2.05) is 56.3 Å². The van der Waals surface area contributed by atoms with Crippen molar-refractivity contribution < 1.29 is 18.7 Å². The molecule has 0 aliphatic carbocycles. The highest BCUT2D eigenvalue weighted by atomic mass is 19.1. The monoisotopic (exact) mass is 405 g/mol. The highest BCUT2D eigenvalue weighted by Gasteiger charge is 2.35. The molecule has 30 heavy (non-hydrogen) atoms. The Morgan fingerprint density at radius 1 is 0.933 bits per heavy atom. The van der Waals surface area contributed by atoms with Crippen LogP contribution >= 0.6 is 0 Å². The summed E-state index contributed by atoms with van der Waals surface area (Å²) >= 11 is 0. The third kappa shape index (κ3) is 3.75. The quantitative estimate of drug-likeness (QED) is 0.558. The van der Waals surface area contributed by atoms with Crippen LogP contribution in [0.3, 0.4) is 0 Å². The number of ether oxygens (including phenoxy) is 2. The van der Waals surface area contributed by atoms with Gasteiger partial charge in [-0.15, -0.1) is 0 Å². The van der Waals surface area contributed by atoms with E-state index < -0.39 is 0 Å². The zero-order valence-electron chi connectivity index (χ0n) is 17.1. The topological polar surface area (TPSA) is 38.8 Å². The summed E-state index contributed by atoms with van der Waals surface area (Å²) < 4.78 is 25.1. The van der Waals surface area contributed by atoms with E-state index in [1.54, 1.807) is 17.0 Å². The van der Waals surface area contributed by atoms with Crippen LogP contribution in [-0.2, 0) is 11.2 Å². The molecule has 3 aromatic rings. The molecule has 0 N–H and O–H groups in total. The molecule has 1 amide bonds. The standard InChI is InChI=1S/C25H24FNO3/c1-3-29-22-14-18-15-24(28)27(20-12-10-19(26)11-13-20)25(17-8-6-5-7-9-17)21(18)16-23(22)30-4-2/h5-14,16,25H,3-4,15H2,1-2H3/t25-/m0/s1. The molecule has 0 unspecified atom stereocenters. The van der Waals surface area contributed by atoms with Gasteiger partial charge in [0.2, 0.25) is 5.91 Å². The molecule has 4 rings (SSSR count). The molecule has 3 aromatic carbocycles. The number of hydrogen-bond donors (Lipinski definition) is 0. The van der Waals surface area contributed by atoms with Gasteiger partial charge in [-0.05, 0) is 66.9 Å². The molecule has 0 radical (unpaired) electrons. The Morgan fingerprint density at radius 3 is 2.20 bits per heavy atom. The molecule has 4 nitrogen and oxygen atoms in total. The van der Waals surface area contributed by atoms with Crippen molar-refractivity contribution in [3.05, 3.63) is 89.2 Å². The third-order valence-electron chi connectivity index (χ3n) is 5.19. The van der Waals surface area contributed by atoms with Gasteiger partial charge in [0.15, 0.2) is 11.5 Å². The minimum absolute atomic E-state index is 0.0467. The number of carbonyl (C=O) groups is 1. The first-order chi connectivity index (χ1) is 14.6. The number of rotatable bonds is 6. The van der Waals surface area contributed by atoms with Gasteiger partial charge in [0.25, 0.3) is 0 Å². The van der Waals surface area contributed by atoms with E-state index in [9.17, 15) is 9.18 Å². The number of benzene rings is 3. The van der Waals surface area contributed by atoms with E-state index >= 15 is 0 Å².